The zero-order valence-corrected chi connectivity index (χ0v) is 20.1. The maximum absolute atomic E-state index is 13.3. The van der Waals surface area contributed by atoms with Crippen molar-refractivity contribution in [3.05, 3.63) is 70.0 Å². The number of hydrogen-bond donors (Lipinski definition) is 3. The summed E-state index contributed by atoms with van der Waals surface area (Å²) in [6, 6.07) is 11.8. The van der Waals surface area contributed by atoms with Gasteiger partial charge in [0.25, 0.3) is 5.91 Å². The maximum atomic E-state index is 13.3. The van der Waals surface area contributed by atoms with E-state index >= 15 is 0 Å². The highest BCUT2D eigenvalue weighted by atomic mass is 127. The number of rotatable bonds is 6. The average molecular weight is 533 g/mol. The van der Waals surface area contributed by atoms with Crippen LogP contribution < -0.4 is 16.0 Å². The molecule has 0 atom stereocenters. The summed E-state index contributed by atoms with van der Waals surface area (Å²) >= 11 is 6.21. The van der Waals surface area contributed by atoms with Gasteiger partial charge in [-0.05, 0) is 35.4 Å². The molecule has 0 fully saturated rings. The van der Waals surface area contributed by atoms with E-state index in [2.05, 4.69) is 20.9 Å². The predicted octanol–water partition coefficient (Wildman–Crippen LogP) is 4.10. The molecule has 0 heterocycles. The predicted molar refractivity (Wildman–Crippen MR) is 128 cm³/mol. The van der Waals surface area contributed by atoms with Gasteiger partial charge >= 0.3 is 0 Å². The Morgan fingerprint density at radius 2 is 1.79 bits per heavy atom. The quantitative estimate of drug-likeness (QED) is 0.298. The van der Waals surface area contributed by atoms with Crippen LogP contribution in [0.25, 0.3) is 0 Å². The smallest absolute Gasteiger partial charge is 0.251 e. The van der Waals surface area contributed by atoms with Gasteiger partial charge in [-0.2, -0.15) is 0 Å². The number of halogens is 3. The van der Waals surface area contributed by atoms with Gasteiger partial charge in [0.1, 0.15) is 5.82 Å². The van der Waals surface area contributed by atoms with E-state index in [4.69, 9.17) is 11.6 Å². The van der Waals surface area contributed by atoms with Gasteiger partial charge in [0.05, 0.1) is 0 Å². The molecule has 0 aromatic heterocycles. The first-order valence-electron chi connectivity index (χ1n) is 8.98. The number of carbonyl (C=O) groups excluding carboxylic acids is 1. The monoisotopic (exact) mass is 532 g/mol. The number of guanidine groups is 1. The molecule has 0 bridgehead atoms. The number of amides is 1. The van der Waals surface area contributed by atoms with Crippen LogP contribution in [0.1, 0.15) is 35.3 Å². The molecule has 2 aromatic rings. The SMILES string of the molecule is CN=C(NCc1ccc(C(=O)NC)cc1)NCC(C)(C)c1ccc(F)cc1Cl.I. The van der Waals surface area contributed by atoms with E-state index in [0.29, 0.717) is 29.6 Å². The molecule has 0 aliphatic carbocycles. The minimum Gasteiger partial charge on any atom is -0.356 e. The molecule has 158 valence electrons. The van der Waals surface area contributed by atoms with Crippen molar-refractivity contribution in [3.8, 4) is 0 Å². The van der Waals surface area contributed by atoms with Crippen LogP contribution in [0.2, 0.25) is 5.02 Å². The molecule has 0 spiro atoms. The van der Waals surface area contributed by atoms with Crippen molar-refractivity contribution in [2.75, 3.05) is 20.6 Å². The largest absolute Gasteiger partial charge is 0.356 e. The van der Waals surface area contributed by atoms with Crippen molar-refractivity contribution in [2.45, 2.75) is 25.8 Å². The standard InChI is InChI=1S/C21H26ClFN4O.HI/c1-21(2,17-10-9-16(23)11-18(17)22)13-27-20(25-4)26-12-14-5-7-15(8-6-14)19(28)24-3;/h5-11H,12-13H2,1-4H3,(H,24,28)(H2,25,26,27);1H. The first-order valence-corrected chi connectivity index (χ1v) is 9.35. The van der Waals surface area contributed by atoms with Crippen LogP contribution in [-0.2, 0) is 12.0 Å². The van der Waals surface area contributed by atoms with Gasteiger partial charge in [0.15, 0.2) is 5.96 Å². The third kappa shape index (κ3) is 7.15. The van der Waals surface area contributed by atoms with Crippen LogP contribution in [0.5, 0.6) is 0 Å². The summed E-state index contributed by atoms with van der Waals surface area (Å²) in [4.78, 5) is 15.8. The van der Waals surface area contributed by atoms with Gasteiger partial charge in [-0.1, -0.05) is 43.6 Å². The molecule has 0 aliphatic heterocycles. The molecule has 0 saturated heterocycles. The summed E-state index contributed by atoms with van der Waals surface area (Å²) in [6.07, 6.45) is 0. The molecule has 3 N–H and O–H groups in total. The molecule has 0 aliphatic rings. The maximum Gasteiger partial charge on any atom is 0.251 e. The fourth-order valence-corrected chi connectivity index (χ4v) is 3.19. The van der Waals surface area contributed by atoms with Crippen molar-refractivity contribution in [1.82, 2.24) is 16.0 Å². The summed E-state index contributed by atoms with van der Waals surface area (Å²) in [7, 11) is 3.30. The van der Waals surface area contributed by atoms with E-state index in [0.717, 1.165) is 11.1 Å². The van der Waals surface area contributed by atoms with Gasteiger partial charge < -0.3 is 16.0 Å². The number of nitrogens with zero attached hydrogens (tertiary/aromatic N) is 1. The lowest BCUT2D eigenvalue weighted by molar-refractivity contribution is 0.0963. The third-order valence-electron chi connectivity index (χ3n) is 4.48. The zero-order chi connectivity index (χ0) is 20.7. The molecule has 5 nitrogen and oxygen atoms in total. The highest BCUT2D eigenvalue weighted by molar-refractivity contribution is 14.0. The van der Waals surface area contributed by atoms with E-state index in [-0.39, 0.29) is 41.1 Å². The average Bonchev–Trinajstić information content (AvgIpc) is 2.67. The first kappa shape index (κ1) is 25.2. The molecule has 29 heavy (non-hydrogen) atoms. The molecule has 0 saturated carbocycles. The van der Waals surface area contributed by atoms with E-state index in [1.807, 2.05) is 26.0 Å². The Balaban J connectivity index is 0.00000420. The molecule has 2 rings (SSSR count). The molecular weight excluding hydrogens is 506 g/mol. The second kappa shape index (κ2) is 11.3. The Hall–Kier alpha value is -1.87. The lowest BCUT2D eigenvalue weighted by atomic mass is 9.84. The van der Waals surface area contributed by atoms with E-state index in [9.17, 15) is 9.18 Å². The normalized spacial score (nSPS) is 11.4. The van der Waals surface area contributed by atoms with Gasteiger partial charge in [-0.15, -0.1) is 24.0 Å². The number of nitrogens with one attached hydrogen (secondary N) is 3. The highest BCUT2D eigenvalue weighted by Gasteiger charge is 2.24. The van der Waals surface area contributed by atoms with Crippen LogP contribution in [-0.4, -0.2) is 32.5 Å². The van der Waals surface area contributed by atoms with Crippen LogP contribution >= 0.6 is 35.6 Å². The van der Waals surface area contributed by atoms with Crippen molar-refractivity contribution < 1.29 is 9.18 Å². The highest BCUT2D eigenvalue weighted by Crippen LogP contribution is 2.29. The molecule has 8 heteroatoms. The summed E-state index contributed by atoms with van der Waals surface area (Å²) < 4.78 is 13.3. The summed E-state index contributed by atoms with van der Waals surface area (Å²) in [5, 5.41) is 9.53. The number of aliphatic imine (C=N–C) groups is 1. The van der Waals surface area contributed by atoms with Crippen molar-refractivity contribution >= 4 is 47.4 Å². The van der Waals surface area contributed by atoms with E-state index in [1.165, 1.54) is 12.1 Å². The van der Waals surface area contributed by atoms with Gasteiger partial charge in [-0.3, -0.25) is 9.79 Å². The minimum absolute atomic E-state index is 0. The lowest BCUT2D eigenvalue weighted by Gasteiger charge is -2.27. The molecule has 0 unspecified atom stereocenters. The Morgan fingerprint density at radius 1 is 1.14 bits per heavy atom. The second-order valence-corrected chi connectivity index (χ2v) is 7.47. The van der Waals surface area contributed by atoms with Crippen LogP contribution in [0, 0.1) is 5.82 Å². The Kier molecular flexibility index (Phi) is 9.85. The topological polar surface area (TPSA) is 65.5 Å². The molecule has 1 amide bonds. The lowest BCUT2D eigenvalue weighted by Crippen LogP contribution is -2.43. The van der Waals surface area contributed by atoms with Crippen molar-refractivity contribution in [2.24, 2.45) is 4.99 Å². The fraction of sp³-hybridized carbons (Fsp3) is 0.333. The van der Waals surface area contributed by atoms with E-state index in [1.54, 1.807) is 32.3 Å². The van der Waals surface area contributed by atoms with Gasteiger partial charge in [-0.25, -0.2) is 4.39 Å². The van der Waals surface area contributed by atoms with Crippen LogP contribution in [0.15, 0.2) is 47.5 Å². The zero-order valence-electron chi connectivity index (χ0n) is 17.0. The summed E-state index contributed by atoms with van der Waals surface area (Å²) in [6.45, 7) is 5.19. The number of carbonyl (C=O) groups is 1. The molecular formula is C21H27ClFIN4O. The van der Waals surface area contributed by atoms with Crippen LogP contribution in [0.4, 0.5) is 4.39 Å². The first-order chi connectivity index (χ1) is 13.3. The Morgan fingerprint density at radius 3 is 2.34 bits per heavy atom. The van der Waals surface area contributed by atoms with Crippen LogP contribution in [0.3, 0.4) is 0 Å². The third-order valence-corrected chi connectivity index (χ3v) is 4.80. The summed E-state index contributed by atoms with van der Waals surface area (Å²) in [5.41, 5.74) is 2.18. The number of benzene rings is 2. The molecule has 0 radical (unpaired) electrons. The number of hydrogen-bond acceptors (Lipinski definition) is 2. The fourth-order valence-electron chi connectivity index (χ4n) is 2.76. The van der Waals surface area contributed by atoms with Crippen molar-refractivity contribution in [3.63, 3.8) is 0 Å². The van der Waals surface area contributed by atoms with Crippen molar-refractivity contribution in [1.29, 1.82) is 0 Å². The molecule has 2 aromatic carbocycles. The Bertz CT molecular complexity index is 856. The Labute approximate surface area is 193 Å². The van der Waals surface area contributed by atoms with E-state index < -0.39 is 0 Å². The minimum atomic E-state index is -0.350. The van der Waals surface area contributed by atoms with Gasteiger partial charge in [0, 0.05) is 43.2 Å². The second-order valence-electron chi connectivity index (χ2n) is 7.06. The van der Waals surface area contributed by atoms with Gasteiger partial charge in [0.2, 0.25) is 0 Å². The summed E-state index contributed by atoms with van der Waals surface area (Å²) in [5.74, 6) is 0.179.